The summed E-state index contributed by atoms with van der Waals surface area (Å²) in [6.07, 6.45) is 0.872. The molecule has 1 aromatic carbocycles. The van der Waals surface area contributed by atoms with Gasteiger partial charge in [-0.1, -0.05) is 6.07 Å². The van der Waals surface area contributed by atoms with Crippen molar-refractivity contribution in [2.45, 2.75) is 30.7 Å². The molecule has 0 atom stereocenters. The van der Waals surface area contributed by atoms with Crippen LogP contribution in [0.4, 0.5) is 8.78 Å². The maximum absolute atomic E-state index is 13.7. The first kappa shape index (κ1) is 16.8. The van der Waals surface area contributed by atoms with Gasteiger partial charge in [-0.25, -0.2) is 17.2 Å². The highest BCUT2D eigenvalue weighted by atomic mass is 32.2. The molecule has 8 heteroatoms. The summed E-state index contributed by atoms with van der Waals surface area (Å²) in [4.78, 5) is 12.0. The van der Waals surface area contributed by atoms with Crippen molar-refractivity contribution in [2.24, 2.45) is 0 Å². The standard InChI is InChI=1S/C14H18F2N2O3S/c1-10(19)17(2)11-6-8-18(9-7-11)22(20,21)14-12(15)4-3-5-13(14)16/h3-5,11H,6-9H2,1-2H3. The zero-order chi connectivity index (χ0) is 16.5. The third-order valence-electron chi connectivity index (χ3n) is 3.98. The number of piperidine rings is 1. The van der Waals surface area contributed by atoms with Gasteiger partial charge in [-0.15, -0.1) is 0 Å². The number of halogens is 2. The number of nitrogens with zero attached hydrogens (tertiary/aromatic N) is 2. The molecular weight excluding hydrogens is 314 g/mol. The van der Waals surface area contributed by atoms with Crippen LogP contribution in [0.2, 0.25) is 0 Å². The first-order chi connectivity index (χ1) is 10.2. The van der Waals surface area contributed by atoms with Gasteiger partial charge in [0.1, 0.15) is 11.6 Å². The Balaban J connectivity index is 2.19. The minimum atomic E-state index is -4.21. The summed E-state index contributed by atoms with van der Waals surface area (Å²) in [5.74, 6) is -2.28. The van der Waals surface area contributed by atoms with Crippen LogP contribution in [0.1, 0.15) is 19.8 Å². The van der Waals surface area contributed by atoms with Crippen molar-refractivity contribution in [2.75, 3.05) is 20.1 Å². The molecule has 1 heterocycles. The summed E-state index contributed by atoms with van der Waals surface area (Å²) < 4.78 is 53.3. The SMILES string of the molecule is CC(=O)N(C)C1CCN(S(=O)(=O)c2c(F)cccc2F)CC1. The number of hydrogen-bond acceptors (Lipinski definition) is 3. The maximum atomic E-state index is 13.7. The number of carbonyl (C=O) groups is 1. The van der Waals surface area contributed by atoms with Crippen LogP contribution in [-0.4, -0.2) is 49.7 Å². The van der Waals surface area contributed by atoms with Crippen molar-refractivity contribution in [3.05, 3.63) is 29.8 Å². The molecule has 0 bridgehead atoms. The van der Waals surface area contributed by atoms with E-state index in [1.54, 1.807) is 11.9 Å². The van der Waals surface area contributed by atoms with Gasteiger partial charge in [-0.3, -0.25) is 4.79 Å². The number of sulfonamides is 1. The Kier molecular flexibility index (Phi) is 4.81. The highest BCUT2D eigenvalue weighted by molar-refractivity contribution is 7.89. The molecule has 1 fully saturated rings. The minimum Gasteiger partial charge on any atom is -0.343 e. The predicted octanol–water partition coefficient (Wildman–Crippen LogP) is 1.60. The van der Waals surface area contributed by atoms with E-state index in [0.717, 1.165) is 22.5 Å². The van der Waals surface area contributed by atoms with E-state index in [2.05, 4.69) is 0 Å². The van der Waals surface area contributed by atoms with E-state index in [1.165, 1.54) is 6.92 Å². The average Bonchev–Trinajstić information content (AvgIpc) is 2.46. The Morgan fingerprint density at radius 3 is 2.18 bits per heavy atom. The van der Waals surface area contributed by atoms with E-state index in [9.17, 15) is 22.0 Å². The van der Waals surface area contributed by atoms with Crippen LogP contribution in [0, 0.1) is 11.6 Å². The number of carbonyl (C=O) groups excluding carboxylic acids is 1. The smallest absolute Gasteiger partial charge is 0.248 e. The molecule has 1 aliphatic rings. The first-order valence-corrected chi connectivity index (χ1v) is 8.36. The molecule has 1 saturated heterocycles. The Labute approximate surface area is 128 Å². The van der Waals surface area contributed by atoms with Crippen LogP contribution < -0.4 is 0 Å². The normalized spacial score (nSPS) is 17.5. The lowest BCUT2D eigenvalue weighted by Gasteiger charge is -2.35. The second-order valence-corrected chi connectivity index (χ2v) is 7.19. The minimum absolute atomic E-state index is 0.0607. The molecular formula is C14H18F2N2O3S. The van der Waals surface area contributed by atoms with Crippen LogP contribution in [0.25, 0.3) is 0 Å². The summed E-state index contributed by atoms with van der Waals surface area (Å²) in [5, 5.41) is 0. The van der Waals surface area contributed by atoms with Gasteiger partial charge in [0.15, 0.2) is 4.90 Å². The molecule has 0 aliphatic carbocycles. The fourth-order valence-electron chi connectivity index (χ4n) is 2.58. The van der Waals surface area contributed by atoms with Crippen LogP contribution in [-0.2, 0) is 14.8 Å². The van der Waals surface area contributed by atoms with Gasteiger partial charge in [0, 0.05) is 33.1 Å². The molecule has 5 nitrogen and oxygen atoms in total. The molecule has 0 unspecified atom stereocenters. The molecule has 122 valence electrons. The summed E-state index contributed by atoms with van der Waals surface area (Å²) >= 11 is 0. The van der Waals surface area contributed by atoms with Crippen molar-refractivity contribution in [1.82, 2.24) is 9.21 Å². The number of rotatable bonds is 3. The average molecular weight is 332 g/mol. The van der Waals surface area contributed by atoms with E-state index in [4.69, 9.17) is 0 Å². The summed E-state index contributed by atoms with van der Waals surface area (Å²) in [5.41, 5.74) is 0. The maximum Gasteiger partial charge on any atom is 0.248 e. The highest BCUT2D eigenvalue weighted by Gasteiger charge is 2.34. The van der Waals surface area contributed by atoms with E-state index >= 15 is 0 Å². The van der Waals surface area contributed by atoms with Crippen molar-refractivity contribution >= 4 is 15.9 Å². The van der Waals surface area contributed by atoms with Crippen LogP contribution in [0.3, 0.4) is 0 Å². The molecule has 0 radical (unpaired) electrons. The lowest BCUT2D eigenvalue weighted by atomic mass is 10.1. The zero-order valence-corrected chi connectivity index (χ0v) is 13.2. The third kappa shape index (κ3) is 3.12. The topological polar surface area (TPSA) is 57.7 Å². The molecule has 1 amide bonds. The van der Waals surface area contributed by atoms with Gasteiger partial charge >= 0.3 is 0 Å². The van der Waals surface area contributed by atoms with Crippen molar-refractivity contribution in [3.63, 3.8) is 0 Å². The second kappa shape index (κ2) is 6.29. The van der Waals surface area contributed by atoms with Gasteiger partial charge < -0.3 is 4.90 Å². The lowest BCUT2D eigenvalue weighted by molar-refractivity contribution is -0.130. The van der Waals surface area contributed by atoms with Gasteiger partial charge in [-0.2, -0.15) is 4.31 Å². The monoisotopic (exact) mass is 332 g/mol. The van der Waals surface area contributed by atoms with Gasteiger partial charge in [-0.05, 0) is 25.0 Å². The summed E-state index contributed by atoms with van der Waals surface area (Å²) in [7, 11) is -2.55. The zero-order valence-electron chi connectivity index (χ0n) is 12.4. The Bertz CT molecular complexity index is 650. The first-order valence-electron chi connectivity index (χ1n) is 6.92. The molecule has 0 aromatic heterocycles. The van der Waals surface area contributed by atoms with Crippen LogP contribution >= 0.6 is 0 Å². The molecule has 1 aromatic rings. The Morgan fingerprint density at radius 2 is 1.73 bits per heavy atom. The van der Waals surface area contributed by atoms with E-state index in [1.807, 2.05) is 0 Å². The Hall–Kier alpha value is -1.54. The Morgan fingerprint density at radius 1 is 1.23 bits per heavy atom. The quantitative estimate of drug-likeness (QED) is 0.845. The van der Waals surface area contributed by atoms with Crippen molar-refractivity contribution < 1.29 is 22.0 Å². The fourth-order valence-corrected chi connectivity index (χ4v) is 4.16. The van der Waals surface area contributed by atoms with Gasteiger partial charge in [0.2, 0.25) is 15.9 Å². The van der Waals surface area contributed by atoms with Gasteiger partial charge in [0.05, 0.1) is 0 Å². The van der Waals surface area contributed by atoms with Crippen LogP contribution in [0.15, 0.2) is 23.1 Å². The molecule has 0 saturated carbocycles. The number of hydrogen-bond donors (Lipinski definition) is 0. The molecule has 1 aliphatic heterocycles. The second-order valence-electron chi connectivity index (χ2n) is 5.32. The van der Waals surface area contributed by atoms with Crippen molar-refractivity contribution in [3.8, 4) is 0 Å². The summed E-state index contributed by atoms with van der Waals surface area (Å²) in [6.45, 7) is 1.69. The predicted molar refractivity (Wildman–Crippen MR) is 76.6 cm³/mol. The van der Waals surface area contributed by atoms with Crippen molar-refractivity contribution in [1.29, 1.82) is 0 Å². The van der Waals surface area contributed by atoms with Gasteiger partial charge in [0.25, 0.3) is 0 Å². The van der Waals surface area contributed by atoms with E-state index < -0.39 is 26.6 Å². The molecule has 22 heavy (non-hydrogen) atoms. The number of benzene rings is 1. The van der Waals surface area contributed by atoms with Crippen LogP contribution in [0.5, 0.6) is 0 Å². The molecule has 2 rings (SSSR count). The lowest BCUT2D eigenvalue weighted by Crippen LogP contribution is -2.47. The highest BCUT2D eigenvalue weighted by Crippen LogP contribution is 2.26. The number of amides is 1. The fraction of sp³-hybridized carbons (Fsp3) is 0.500. The van der Waals surface area contributed by atoms with E-state index in [-0.39, 0.29) is 25.0 Å². The largest absolute Gasteiger partial charge is 0.343 e. The summed E-state index contributed by atoms with van der Waals surface area (Å²) in [6, 6.07) is 2.91. The van der Waals surface area contributed by atoms with E-state index in [0.29, 0.717) is 12.8 Å². The molecule has 0 spiro atoms. The third-order valence-corrected chi connectivity index (χ3v) is 5.94. The molecule has 0 N–H and O–H groups in total.